The second-order valence-corrected chi connectivity index (χ2v) is 9.00. The van der Waals surface area contributed by atoms with E-state index in [4.69, 9.17) is 4.74 Å². The lowest BCUT2D eigenvalue weighted by atomic mass is 9.49. The van der Waals surface area contributed by atoms with Crippen LogP contribution in [0.3, 0.4) is 0 Å². The van der Waals surface area contributed by atoms with Crippen molar-refractivity contribution in [1.29, 1.82) is 0 Å². The molecule has 0 unspecified atom stereocenters. The fourth-order valence-corrected chi connectivity index (χ4v) is 7.25. The average Bonchev–Trinajstić information content (AvgIpc) is 2.84. The molecule has 2 heteroatoms. The van der Waals surface area contributed by atoms with Gasteiger partial charge in [0.2, 0.25) is 0 Å². The number of carbonyl (C=O) groups excluding carboxylic acids is 1. The van der Waals surface area contributed by atoms with E-state index in [0.29, 0.717) is 23.0 Å². The first-order valence-corrected chi connectivity index (χ1v) is 9.67. The molecule has 1 heterocycles. The Bertz CT molecular complexity index is 472. The van der Waals surface area contributed by atoms with Crippen molar-refractivity contribution >= 4 is 5.78 Å². The van der Waals surface area contributed by atoms with Crippen molar-refractivity contribution in [1.82, 2.24) is 0 Å². The van der Waals surface area contributed by atoms with Gasteiger partial charge in [-0.15, -0.1) is 0 Å². The van der Waals surface area contributed by atoms with E-state index in [2.05, 4.69) is 20.8 Å². The maximum Gasteiger partial charge on any atom is 0.139 e. The van der Waals surface area contributed by atoms with Gasteiger partial charge in [0.25, 0.3) is 0 Å². The Morgan fingerprint density at radius 3 is 2.73 bits per heavy atom. The highest BCUT2D eigenvalue weighted by atomic mass is 16.5. The van der Waals surface area contributed by atoms with Gasteiger partial charge in [-0.25, -0.2) is 0 Å². The van der Waals surface area contributed by atoms with E-state index in [-0.39, 0.29) is 11.5 Å². The molecule has 4 aliphatic rings. The Labute approximate surface area is 135 Å². The molecule has 0 N–H and O–H groups in total. The van der Waals surface area contributed by atoms with Crippen LogP contribution in [0.1, 0.15) is 72.1 Å². The second kappa shape index (κ2) is 5.06. The lowest BCUT2D eigenvalue weighted by Crippen LogP contribution is -2.61. The van der Waals surface area contributed by atoms with Crippen LogP contribution in [0.2, 0.25) is 0 Å². The van der Waals surface area contributed by atoms with Crippen molar-refractivity contribution < 1.29 is 9.53 Å². The van der Waals surface area contributed by atoms with Gasteiger partial charge in [0, 0.05) is 18.9 Å². The second-order valence-electron chi connectivity index (χ2n) is 9.00. The first-order valence-electron chi connectivity index (χ1n) is 9.67. The molecule has 0 radical (unpaired) electrons. The predicted octanol–water partition coefficient (Wildman–Crippen LogP) is 4.61. The van der Waals surface area contributed by atoms with Gasteiger partial charge in [0.1, 0.15) is 5.78 Å². The highest BCUT2D eigenvalue weighted by molar-refractivity contribution is 5.83. The minimum absolute atomic E-state index is 0.149. The number of ketones is 1. The lowest BCUT2D eigenvalue weighted by Gasteiger charge is -2.59. The summed E-state index contributed by atoms with van der Waals surface area (Å²) in [6.07, 6.45) is 9.69. The predicted molar refractivity (Wildman–Crippen MR) is 87.5 cm³/mol. The summed E-state index contributed by atoms with van der Waals surface area (Å²) in [5, 5.41) is 0. The zero-order valence-corrected chi connectivity index (χ0v) is 14.6. The molecule has 7 atom stereocenters. The van der Waals surface area contributed by atoms with Gasteiger partial charge in [-0.05, 0) is 74.5 Å². The molecule has 1 aliphatic heterocycles. The largest absolute Gasteiger partial charge is 0.374 e. The first-order chi connectivity index (χ1) is 10.5. The van der Waals surface area contributed by atoms with Crippen molar-refractivity contribution in [3.8, 4) is 0 Å². The highest BCUT2D eigenvalue weighted by Gasteiger charge is 2.62. The van der Waals surface area contributed by atoms with Crippen LogP contribution in [-0.2, 0) is 9.53 Å². The van der Waals surface area contributed by atoms with Crippen LogP contribution in [0, 0.1) is 35.0 Å². The maximum absolute atomic E-state index is 12.9. The van der Waals surface area contributed by atoms with E-state index in [1.165, 1.54) is 32.1 Å². The summed E-state index contributed by atoms with van der Waals surface area (Å²) in [5.41, 5.74) is 0.345. The van der Waals surface area contributed by atoms with Gasteiger partial charge in [-0.1, -0.05) is 20.3 Å². The van der Waals surface area contributed by atoms with E-state index in [9.17, 15) is 4.79 Å². The molecule has 2 nitrogen and oxygen atoms in total. The quantitative estimate of drug-likeness (QED) is 0.707. The van der Waals surface area contributed by atoms with Crippen molar-refractivity contribution in [2.45, 2.75) is 77.7 Å². The van der Waals surface area contributed by atoms with Crippen LogP contribution in [0.5, 0.6) is 0 Å². The van der Waals surface area contributed by atoms with E-state index < -0.39 is 0 Å². The topological polar surface area (TPSA) is 26.3 Å². The monoisotopic (exact) mass is 304 g/mol. The summed E-state index contributed by atoms with van der Waals surface area (Å²) in [6, 6.07) is 0. The molecule has 124 valence electrons. The van der Waals surface area contributed by atoms with Crippen LogP contribution in [0.4, 0.5) is 0 Å². The molecule has 0 aromatic carbocycles. The Hall–Kier alpha value is -0.370. The molecule has 0 aromatic rings. The summed E-state index contributed by atoms with van der Waals surface area (Å²) in [5.74, 6) is 3.59. The zero-order valence-electron chi connectivity index (χ0n) is 14.6. The summed E-state index contributed by atoms with van der Waals surface area (Å²) >= 11 is 0. The van der Waals surface area contributed by atoms with Gasteiger partial charge >= 0.3 is 0 Å². The molecule has 0 amide bonds. The number of hydrogen-bond donors (Lipinski definition) is 0. The Morgan fingerprint density at radius 1 is 1.14 bits per heavy atom. The Morgan fingerprint density at radius 2 is 1.95 bits per heavy atom. The zero-order chi connectivity index (χ0) is 15.5. The van der Waals surface area contributed by atoms with Gasteiger partial charge in [-0.3, -0.25) is 4.79 Å². The standard InChI is InChI=1S/C20H32O2/c1-4-13-7-8-15-14-12-18(21)17-6-5-11-22-20(17,3)16(14)9-10-19(13,15)2/h13-17H,4-12H2,1-3H3/t13-,14-,15-,16-,17+,19+,20+/m0/s1. The first kappa shape index (κ1) is 15.2. The molecule has 4 rings (SSSR count). The third-order valence-corrected chi connectivity index (χ3v) is 8.43. The Kier molecular flexibility index (Phi) is 3.49. The van der Waals surface area contributed by atoms with Crippen LogP contribution < -0.4 is 0 Å². The minimum atomic E-state index is -0.149. The number of ether oxygens (including phenoxy) is 1. The molecule has 0 spiro atoms. The number of carbonyl (C=O) groups is 1. The average molecular weight is 304 g/mol. The Balaban J connectivity index is 1.67. The smallest absolute Gasteiger partial charge is 0.139 e. The summed E-state index contributed by atoms with van der Waals surface area (Å²) in [7, 11) is 0. The lowest BCUT2D eigenvalue weighted by molar-refractivity contribution is -0.201. The van der Waals surface area contributed by atoms with Crippen molar-refractivity contribution in [3.05, 3.63) is 0 Å². The molecule has 0 aromatic heterocycles. The maximum atomic E-state index is 12.9. The fourth-order valence-electron chi connectivity index (χ4n) is 7.25. The van der Waals surface area contributed by atoms with Gasteiger partial charge < -0.3 is 4.74 Å². The third-order valence-electron chi connectivity index (χ3n) is 8.43. The number of fused-ring (bicyclic) bond motifs is 5. The van der Waals surface area contributed by atoms with E-state index in [1.54, 1.807) is 0 Å². The molecule has 1 saturated heterocycles. The summed E-state index contributed by atoms with van der Waals surface area (Å²) in [4.78, 5) is 12.9. The SMILES string of the molecule is CC[C@H]1CC[C@H]2[C@@H]3CC(=O)[C@H]4CCCO[C@]4(C)[C@H]3CC[C@]12C. The summed E-state index contributed by atoms with van der Waals surface area (Å²) < 4.78 is 6.32. The number of rotatable bonds is 1. The summed E-state index contributed by atoms with van der Waals surface area (Å²) in [6.45, 7) is 8.04. The molecular weight excluding hydrogens is 272 g/mol. The van der Waals surface area contributed by atoms with Crippen molar-refractivity contribution in [2.75, 3.05) is 6.61 Å². The number of Topliss-reactive ketones (excluding diaryl/α,β-unsaturated/α-hetero) is 1. The molecule has 4 fully saturated rings. The van der Waals surface area contributed by atoms with Gasteiger partial charge in [0.15, 0.2) is 0 Å². The van der Waals surface area contributed by atoms with Gasteiger partial charge in [-0.2, -0.15) is 0 Å². The molecule has 3 saturated carbocycles. The third kappa shape index (κ3) is 1.85. The van der Waals surface area contributed by atoms with Crippen LogP contribution in [-0.4, -0.2) is 18.0 Å². The van der Waals surface area contributed by atoms with Crippen LogP contribution in [0.15, 0.2) is 0 Å². The van der Waals surface area contributed by atoms with Gasteiger partial charge in [0.05, 0.1) is 5.60 Å². The number of hydrogen-bond acceptors (Lipinski definition) is 2. The normalized spacial score (nSPS) is 54.5. The highest BCUT2D eigenvalue weighted by Crippen LogP contribution is 2.64. The van der Waals surface area contributed by atoms with Crippen LogP contribution in [0.25, 0.3) is 0 Å². The molecule has 22 heavy (non-hydrogen) atoms. The minimum Gasteiger partial charge on any atom is -0.374 e. The van der Waals surface area contributed by atoms with E-state index in [0.717, 1.165) is 37.7 Å². The molecular formula is C20H32O2. The fraction of sp³-hybridized carbons (Fsp3) is 0.950. The molecule has 3 aliphatic carbocycles. The van der Waals surface area contributed by atoms with Crippen molar-refractivity contribution in [2.24, 2.45) is 35.0 Å². The van der Waals surface area contributed by atoms with Crippen LogP contribution >= 0.6 is 0 Å². The van der Waals surface area contributed by atoms with Crippen molar-refractivity contribution in [3.63, 3.8) is 0 Å². The van der Waals surface area contributed by atoms with E-state index >= 15 is 0 Å². The van der Waals surface area contributed by atoms with E-state index in [1.807, 2.05) is 0 Å². The molecule has 0 bridgehead atoms.